The maximum absolute atomic E-state index is 12.7. The number of allylic oxidation sites excluding steroid dienone is 4. The largest absolute Gasteiger partial charge is 0.372 e. The Hall–Kier alpha value is -2.17. The fourth-order valence-electron chi connectivity index (χ4n) is 5.61. The number of nitrogens with zero attached hydrogens (tertiary/aromatic N) is 2. The van der Waals surface area contributed by atoms with Crippen LogP contribution in [0.4, 0.5) is 4.79 Å². The van der Waals surface area contributed by atoms with Crippen molar-refractivity contribution in [3.05, 3.63) is 48.1 Å². The molecule has 0 unspecified atom stereocenters. The lowest BCUT2D eigenvalue weighted by Crippen LogP contribution is -2.41. The SMILES string of the molecule is CCCCCCCCCCCCN1C=CC=C(NC(=O)NC2=CC=CN(CCCCCCCCCCCC)C2)C1. The van der Waals surface area contributed by atoms with E-state index in [1.807, 2.05) is 24.3 Å². The molecule has 2 N–H and O–H groups in total. The first-order chi connectivity index (χ1) is 19.7. The summed E-state index contributed by atoms with van der Waals surface area (Å²) in [7, 11) is 0. The van der Waals surface area contributed by atoms with Crippen LogP contribution in [0.3, 0.4) is 0 Å². The summed E-state index contributed by atoms with van der Waals surface area (Å²) in [4.78, 5) is 17.3. The van der Waals surface area contributed by atoms with Gasteiger partial charge in [0.1, 0.15) is 0 Å². The van der Waals surface area contributed by atoms with Crippen molar-refractivity contribution < 1.29 is 4.79 Å². The van der Waals surface area contributed by atoms with Gasteiger partial charge in [0.05, 0.1) is 13.1 Å². The smallest absolute Gasteiger partial charge is 0.323 e. The van der Waals surface area contributed by atoms with Crippen LogP contribution in [0.1, 0.15) is 142 Å². The van der Waals surface area contributed by atoms with Crippen LogP contribution in [0.5, 0.6) is 0 Å². The van der Waals surface area contributed by atoms with E-state index in [0.29, 0.717) is 0 Å². The predicted octanol–water partition coefficient (Wildman–Crippen LogP) is 9.55. The highest BCUT2D eigenvalue weighted by atomic mass is 16.2. The second-order valence-corrected chi connectivity index (χ2v) is 12.0. The Kier molecular flexibility index (Phi) is 20.0. The molecule has 0 spiro atoms. The van der Waals surface area contributed by atoms with E-state index in [1.54, 1.807) is 0 Å². The summed E-state index contributed by atoms with van der Waals surface area (Å²) in [5.74, 6) is 0. The zero-order chi connectivity index (χ0) is 28.5. The summed E-state index contributed by atoms with van der Waals surface area (Å²) >= 11 is 0. The van der Waals surface area contributed by atoms with Gasteiger partial charge in [0.2, 0.25) is 0 Å². The molecule has 2 heterocycles. The van der Waals surface area contributed by atoms with E-state index in [9.17, 15) is 4.79 Å². The van der Waals surface area contributed by atoms with Gasteiger partial charge in [-0.2, -0.15) is 0 Å². The minimum Gasteiger partial charge on any atom is -0.372 e. The summed E-state index contributed by atoms with van der Waals surface area (Å²) in [6.07, 6.45) is 39.5. The predicted molar refractivity (Wildman–Crippen MR) is 173 cm³/mol. The van der Waals surface area contributed by atoms with Crippen LogP contribution in [-0.2, 0) is 0 Å². The standard InChI is InChI=1S/C35H62N4O/c1-3-5-7-9-11-13-15-17-19-21-27-38-29-23-25-33(31-38)36-35(40)37-34-26-24-30-39(32-34)28-22-20-18-16-14-12-10-8-6-4-2/h23-26,29-30H,3-22,27-28,31-32H2,1-2H3,(H2,36,37,40). The zero-order valence-corrected chi connectivity index (χ0v) is 26.2. The molecular formula is C35H62N4O. The molecule has 40 heavy (non-hydrogen) atoms. The summed E-state index contributed by atoms with van der Waals surface area (Å²) < 4.78 is 0. The highest BCUT2D eigenvalue weighted by Crippen LogP contribution is 2.14. The summed E-state index contributed by atoms with van der Waals surface area (Å²) in [6.45, 7) is 8.20. The lowest BCUT2D eigenvalue weighted by molar-refractivity contribution is 0.243. The molecule has 0 atom stereocenters. The topological polar surface area (TPSA) is 47.6 Å². The average molecular weight is 555 g/mol. The third kappa shape index (κ3) is 17.5. The highest BCUT2D eigenvalue weighted by molar-refractivity contribution is 5.78. The Morgan fingerprint density at radius 1 is 0.550 bits per heavy atom. The molecule has 228 valence electrons. The van der Waals surface area contributed by atoms with Crippen LogP contribution >= 0.6 is 0 Å². The van der Waals surface area contributed by atoms with Crippen molar-refractivity contribution in [3.8, 4) is 0 Å². The molecule has 2 rings (SSSR count). The van der Waals surface area contributed by atoms with Crippen molar-refractivity contribution >= 4 is 6.03 Å². The third-order valence-corrected chi connectivity index (χ3v) is 8.08. The second kappa shape index (κ2) is 23.5. The number of urea groups is 1. The quantitative estimate of drug-likeness (QED) is 0.117. The van der Waals surface area contributed by atoms with Crippen molar-refractivity contribution in [1.82, 2.24) is 20.4 Å². The Morgan fingerprint density at radius 3 is 1.23 bits per heavy atom. The van der Waals surface area contributed by atoms with Gasteiger partial charge in [0.15, 0.2) is 0 Å². The number of amides is 2. The van der Waals surface area contributed by atoms with Crippen LogP contribution in [0.2, 0.25) is 0 Å². The van der Waals surface area contributed by atoms with Gasteiger partial charge in [0, 0.05) is 24.5 Å². The number of hydrogen-bond acceptors (Lipinski definition) is 3. The van der Waals surface area contributed by atoms with E-state index < -0.39 is 0 Å². The van der Waals surface area contributed by atoms with Crippen molar-refractivity contribution in [2.24, 2.45) is 0 Å². The van der Waals surface area contributed by atoms with Gasteiger partial charge in [0.25, 0.3) is 0 Å². The molecule has 5 nitrogen and oxygen atoms in total. The van der Waals surface area contributed by atoms with Gasteiger partial charge in [-0.05, 0) is 49.5 Å². The summed E-state index contributed by atoms with van der Waals surface area (Å²) in [6, 6.07) is -0.138. The molecule has 0 saturated heterocycles. The van der Waals surface area contributed by atoms with E-state index >= 15 is 0 Å². The van der Waals surface area contributed by atoms with E-state index in [2.05, 4.69) is 46.7 Å². The molecular weight excluding hydrogens is 492 g/mol. The maximum atomic E-state index is 12.7. The van der Waals surface area contributed by atoms with E-state index in [4.69, 9.17) is 0 Å². The first kappa shape index (κ1) is 34.0. The number of carbonyl (C=O) groups excluding carboxylic acids is 1. The van der Waals surface area contributed by atoms with Gasteiger partial charge in [-0.25, -0.2) is 4.79 Å². The minimum atomic E-state index is -0.138. The molecule has 2 aliphatic heterocycles. The van der Waals surface area contributed by atoms with Crippen molar-refractivity contribution in [1.29, 1.82) is 0 Å². The summed E-state index contributed by atoms with van der Waals surface area (Å²) in [5, 5.41) is 6.15. The van der Waals surface area contributed by atoms with E-state index in [-0.39, 0.29) is 6.03 Å². The van der Waals surface area contributed by atoms with Crippen molar-refractivity contribution in [3.63, 3.8) is 0 Å². The Bertz CT molecular complexity index is 707. The first-order valence-corrected chi connectivity index (χ1v) is 17.0. The molecule has 2 amide bonds. The molecule has 2 aliphatic rings. The van der Waals surface area contributed by atoms with Gasteiger partial charge < -0.3 is 20.4 Å². The maximum Gasteiger partial charge on any atom is 0.323 e. The van der Waals surface area contributed by atoms with Gasteiger partial charge >= 0.3 is 6.03 Å². The molecule has 0 fully saturated rings. The van der Waals surface area contributed by atoms with Crippen LogP contribution in [-0.4, -0.2) is 42.0 Å². The Morgan fingerprint density at radius 2 is 0.875 bits per heavy atom. The highest BCUT2D eigenvalue weighted by Gasteiger charge is 2.13. The molecule has 5 heteroatoms. The van der Waals surface area contributed by atoms with Crippen LogP contribution < -0.4 is 10.6 Å². The van der Waals surface area contributed by atoms with Crippen molar-refractivity contribution in [2.75, 3.05) is 26.2 Å². The Labute approximate surface area is 247 Å². The number of nitrogens with one attached hydrogen (secondary N) is 2. The second-order valence-electron chi connectivity index (χ2n) is 12.0. The van der Waals surface area contributed by atoms with Gasteiger partial charge in [-0.15, -0.1) is 0 Å². The van der Waals surface area contributed by atoms with Crippen LogP contribution in [0, 0.1) is 0 Å². The minimum absolute atomic E-state index is 0.138. The van der Waals surface area contributed by atoms with Crippen LogP contribution in [0.25, 0.3) is 0 Å². The number of carbonyl (C=O) groups is 1. The van der Waals surface area contributed by atoms with Gasteiger partial charge in [-0.3, -0.25) is 0 Å². The average Bonchev–Trinajstić information content (AvgIpc) is 2.95. The number of hydrogen-bond donors (Lipinski definition) is 2. The van der Waals surface area contributed by atoms with E-state index in [1.165, 1.54) is 128 Å². The first-order valence-electron chi connectivity index (χ1n) is 17.0. The fourth-order valence-corrected chi connectivity index (χ4v) is 5.61. The fraction of sp³-hybridized carbons (Fsp3) is 0.743. The lowest BCUT2D eigenvalue weighted by atomic mass is 10.1. The Balaban J connectivity index is 1.50. The number of unbranched alkanes of at least 4 members (excludes halogenated alkanes) is 18. The molecule has 0 saturated carbocycles. The monoisotopic (exact) mass is 554 g/mol. The molecule has 0 aliphatic carbocycles. The zero-order valence-electron chi connectivity index (χ0n) is 26.2. The molecule has 0 aromatic rings. The molecule has 0 bridgehead atoms. The lowest BCUT2D eigenvalue weighted by Gasteiger charge is -2.27. The molecule has 0 aromatic heterocycles. The van der Waals surface area contributed by atoms with Gasteiger partial charge in [-0.1, -0.05) is 129 Å². The number of rotatable bonds is 24. The van der Waals surface area contributed by atoms with Crippen LogP contribution in [0.15, 0.2) is 48.1 Å². The summed E-state index contributed by atoms with van der Waals surface area (Å²) in [5.41, 5.74) is 1.92. The molecule has 0 aromatic carbocycles. The molecule has 0 radical (unpaired) electrons. The van der Waals surface area contributed by atoms with E-state index in [0.717, 1.165) is 37.6 Å². The normalized spacial score (nSPS) is 14.8. The third-order valence-electron chi connectivity index (χ3n) is 8.08. The van der Waals surface area contributed by atoms with Crippen molar-refractivity contribution in [2.45, 2.75) is 142 Å².